The molecule has 0 heterocycles. The number of unbranched alkanes of at least 4 members (excludes halogenated alkanes) is 13. The lowest BCUT2D eigenvalue weighted by Gasteiger charge is -2.24. The molecule has 0 radical (unpaired) electrons. The maximum absolute atomic E-state index is 13.0. The Morgan fingerprint density at radius 2 is 0.957 bits per heavy atom. The summed E-state index contributed by atoms with van der Waals surface area (Å²) in [6, 6.07) is 0. The summed E-state index contributed by atoms with van der Waals surface area (Å²) >= 11 is 0. The number of carbonyl (C=O) groups is 3. The molecule has 278 valence electrons. The molecule has 0 aromatic carbocycles. The average Bonchev–Trinajstić information content (AvgIpc) is 3.07. The lowest BCUT2D eigenvalue weighted by Crippen LogP contribution is -2.33. The van der Waals surface area contributed by atoms with Crippen LogP contribution in [0.15, 0.2) is 0 Å². The third-order valence-corrected chi connectivity index (χ3v) is 8.29. The summed E-state index contributed by atoms with van der Waals surface area (Å²) in [4.78, 5) is 36.9. The van der Waals surface area contributed by atoms with Crippen LogP contribution in [0.1, 0.15) is 156 Å². The molecule has 0 aliphatic heterocycles. The van der Waals surface area contributed by atoms with Crippen molar-refractivity contribution >= 4 is 17.7 Å². The van der Waals surface area contributed by atoms with Crippen molar-refractivity contribution in [1.29, 1.82) is 0 Å². The van der Waals surface area contributed by atoms with Gasteiger partial charge in [0.05, 0.1) is 39.1 Å². The second kappa shape index (κ2) is 35.7. The summed E-state index contributed by atoms with van der Waals surface area (Å²) in [5.41, 5.74) is 0. The first kappa shape index (κ1) is 45.5. The standard InChI is InChI=1S/C38H72O9/c1-5-7-9-11-13-20-30-47-38(41)25-17-22-27-44-33-36(34(3)35(39)23-16-21-26-43-32-31-42-4)45-28-19-14-12-15-24-37(40)46-29-18-10-8-6-2/h34,36H,5-33H2,1-4H3. The molecule has 9 heteroatoms. The number of ketones is 1. The first-order valence-corrected chi connectivity index (χ1v) is 19.1. The number of esters is 2. The minimum absolute atomic E-state index is 0.103. The van der Waals surface area contributed by atoms with E-state index in [2.05, 4.69) is 13.8 Å². The van der Waals surface area contributed by atoms with Crippen molar-refractivity contribution in [2.45, 2.75) is 162 Å². The number of rotatable bonds is 37. The Morgan fingerprint density at radius 3 is 1.57 bits per heavy atom. The van der Waals surface area contributed by atoms with E-state index in [0.717, 1.165) is 70.6 Å². The molecule has 0 fully saturated rings. The maximum atomic E-state index is 13.0. The summed E-state index contributed by atoms with van der Waals surface area (Å²) in [6.07, 6.45) is 19.1. The molecule has 0 aromatic heterocycles. The molecular weight excluding hydrogens is 600 g/mol. The molecule has 0 aliphatic carbocycles. The Bertz CT molecular complexity index is 715. The topological polar surface area (TPSA) is 107 Å². The van der Waals surface area contributed by atoms with Crippen molar-refractivity contribution in [2.75, 3.05) is 60.0 Å². The van der Waals surface area contributed by atoms with E-state index in [0.29, 0.717) is 78.5 Å². The van der Waals surface area contributed by atoms with Crippen molar-refractivity contribution in [2.24, 2.45) is 5.92 Å². The lowest BCUT2D eigenvalue weighted by molar-refractivity contribution is -0.144. The molecule has 0 amide bonds. The van der Waals surface area contributed by atoms with E-state index in [1.807, 2.05) is 6.92 Å². The first-order chi connectivity index (χ1) is 23.0. The number of methoxy groups -OCH3 is 1. The highest BCUT2D eigenvalue weighted by Crippen LogP contribution is 2.16. The van der Waals surface area contributed by atoms with Crippen molar-refractivity contribution in [3.63, 3.8) is 0 Å². The smallest absolute Gasteiger partial charge is 0.305 e. The van der Waals surface area contributed by atoms with E-state index in [9.17, 15) is 14.4 Å². The molecule has 0 saturated heterocycles. The molecule has 0 aromatic rings. The molecule has 0 saturated carbocycles. The molecule has 47 heavy (non-hydrogen) atoms. The van der Waals surface area contributed by atoms with Crippen molar-refractivity contribution in [3.8, 4) is 0 Å². The third-order valence-electron chi connectivity index (χ3n) is 8.29. The summed E-state index contributed by atoms with van der Waals surface area (Å²) in [5, 5.41) is 0. The van der Waals surface area contributed by atoms with Gasteiger partial charge in [-0.05, 0) is 51.4 Å². The number of Topliss-reactive ketones (excluding diaryl/α,β-unsaturated/α-hetero) is 1. The fraction of sp³-hybridized carbons (Fsp3) is 0.921. The van der Waals surface area contributed by atoms with Crippen LogP contribution < -0.4 is 0 Å². The van der Waals surface area contributed by atoms with E-state index >= 15 is 0 Å². The van der Waals surface area contributed by atoms with Gasteiger partial charge in [-0.15, -0.1) is 0 Å². The normalized spacial score (nSPS) is 12.6. The van der Waals surface area contributed by atoms with Gasteiger partial charge in [-0.3, -0.25) is 14.4 Å². The van der Waals surface area contributed by atoms with Crippen LogP contribution in [0, 0.1) is 5.92 Å². The Kier molecular flexibility index (Phi) is 34.6. The molecule has 0 N–H and O–H groups in total. The molecule has 2 atom stereocenters. The molecule has 0 rings (SSSR count). The summed E-state index contributed by atoms with van der Waals surface area (Å²) in [7, 11) is 1.65. The van der Waals surface area contributed by atoms with Crippen molar-refractivity contribution in [1.82, 2.24) is 0 Å². The van der Waals surface area contributed by atoms with E-state index in [1.54, 1.807) is 7.11 Å². The second-order valence-electron chi connectivity index (χ2n) is 12.7. The Balaban J connectivity index is 4.34. The van der Waals surface area contributed by atoms with E-state index in [4.69, 9.17) is 28.4 Å². The van der Waals surface area contributed by atoms with Crippen LogP contribution in [0.25, 0.3) is 0 Å². The second-order valence-corrected chi connectivity index (χ2v) is 12.7. The van der Waals surface area contributed by atoms with Gasteiger partial charge in [0.2, 0.25) is 0 Å². The van der Waals surface area contributed by atoms with Crippen LogP contribution in [-0.4, -0.2) is 83.8 Å². The predicted molar refractivity (Wildman–Crippen MR) is 188 cm³/mol. The van der Waals surface area contributed by atoms with Crippen LogP contribution in [0.4, 0.5) is 0 Å². The van der Waals surface area contributed by atoms with Crippen LogP contribution >= 0.6 is 0 Å². The fourth-order valence-corrected chi connectivity index (χ4v) is 5.08. The van der Waals surface area contributed by atoms with Crippen molar-refractivity contribution < 1.29 is 42.8 Å². The van der Waals surface area contributed by atoms with Crippen LogP contribution in [0.3, 0.4) is 0 Å². The zero-order chi connectivity index (χ0) is 34.6. The van der Waals surface area contributed by atoms with Crippen LogP contribution in [0.5, 0.6) is 0 Å². The Labute approximate surface area is 287 Å². The van der Waals surface area contributed by atoms with E-state index in [1.165, 1.54) is 38.5 Å². The van der Waals surface area contributed by atoms with Gasteiger partial charge in [-0.2, -0.15) is 0 Å². The van der Waals surface area contributed by atoms with Crippen LogP contribution in [-0.2, 0) is 42.8 Å². The molecule has 0 aliphatic rings. The molecule has 0 spiro atoms. The molecular formula is C38H72O9. The molecule has 9 nitrogen and oxygen atoms in total. The Hall–Kier alpha value is -1.55. The zero-order valence-corrected chi connectivity index (χ0v) is 30.8. The maximum Gasteiger partial charge on any atom is 0.305 e. The molecule has 2 unspecified atom stereocenters. The van der Waals surface area contributed by atoms with Crippen molar-refractivity contribution in [3.05, 3.63) is 0 Å². The highest BCUT2D eigenvalue weighted by molar-refractivity contribution is 5.81. The number of ether oxygens (including phenoxy) is 6. The third kappa shape index (κ3) is 31.5. The largest absolute Gasteiger partial charge is 0.466 e. The van der Waals surface area contributed by atoms with E-state index in [-0.39, 0.29) is 29.7 Å². The summed E-state index contributed by atoms with van der Waals surface area (Å²) < 4.78 is 33.3. The van der Waals surface area contributed by atoms with Gasteiger partial charge in [0.15, 0.2) is 0 Å². The minimum atomic E-state index is -0.314. The average molecular weight is 673 g/mol. The number of hydrogen-bond acceptors (Lipinski definition) is 9. The van der Waals surface area contributed by atoms with Gasteiger partial charge in [0.25, 0.3) is 0 Å². The number of carbonyl (C=O) groups excluding carboxylic acids is 3. The summed E-state index contributed by atoms with van der Waals surface area (Å²) in [6.45, 7) is 10.5. The number of hydrogen-bond donors (Lipinski definition) is 0. The SMILES string of the molecule is CCCCCCCCOC(=O)CCCCOCC(OCCCCCCC(=O)OCCCCCC)C(C)C(=O)CCCCOCCOC. The van der Waals surface area contributed by atoms with Gasteiger partial charge >= 0.3 is 11.9 Å². The quantitative estimate of drug-likeness (QED) is 0.0474. The highest BCUT2D eigenvalue weighted by Gasteiger charge is 2.24. The Morgan fingerprint density at radius 1 is 0.489 bits per heavy atom. The van der Waals surface area contributed by atoms with Gasteiger partial charge in [0, 0.05) is 52.1 Å². The monoisotopic (exact) mass is 673 g/mol. The van der Waals surface area contributed by atoms with Gasteiger partial charge < -0.3 is 28.4 Å². The highest BCUT2D eigenvalue weighted by atomic mass is 16.5. The first-order valence-electron chi connectivity index (χ1n) is 19.1. The van der Waals surface area contributed by atoms with Gasteiger partial charge in [-0.1, -0.05) is 85.0 Å². The van der Waals surface area contributed by atoms with Crippen LogP contribution in [0.2, 0.25) is 0 Å². The predicted octanol–water partition coefficient (Wildman–Crippen LogP) is 8.57. The zero-order valence-electron chi connectivity index (χ0n) is 30.8. The fourth-order valence-electron chi connectivity index (χ4n) is 5.08. The van der Waals surface area contributed by atoms with Gasteiger partial charge in [-0.25, -0.2) is 0 Å². The molecule has 0 bridgehead atoms. The van der Waals surface area contributed by atoms with E-state index < -0.39 is 0 Å². The minimum Gasteiger partial charge on any atom is -0.466 e. The summed E-state index contributed by atoms with van der Waals surface area (Å²) in [5.74, 6) is -0.332. The lowest BCUT2D eigenvalue weighted by atomic mass is 9.96. The van der Waals surface area contributed by atoms with Gasteiger partial charge in [0.1, 0.15) is 5.78 Å².